The molecule has 2 aromatic carbocycles. The Morgan fingerprint density at radius 1 is 1.25 bits per heavy atom. The lowest BCUT2D eigenvalue weighted by atomic mass is 10.1. The fraction of sp³-hybridized carbons (Fsp3) is 0.364. The number of aromatic nitrogens is 2. The Balaban J connectivity index is 1.48. The third kappa shape index (κ3) is 3.92. The number of hydrogen-bond donors (Lipinski definition) is 1. The van der Waals surface area contributed by atoms with Crippen LogP contribution in [0.4, 0.5) is 10.3 Å². The molecule has 146 valence electrons. The molecule has 28 heavy (non-hydrogen) atoms. The molecule has 0 spiro atoms. The first-order valence-corrected chi connectivity index (χ1v) is 9.76. The predicted molar refractivity (Wildman–Crippen MR) is 107 cm³/mol. The quantitative estimate of drug-likeness (QED) is 0.591. The molecule has 2 atom stereocenters. The number of halogens is 1. The van der Waals surface area contributed by atoms with Crippen molar-refractivity contribution >= 4 is 22.9 Å². The molecule has 1 aliphatic carbocycles. The molecule has 1 amide bonds. The highest BCUT2D eigenvalue weighted by Gasteiger charge is 2.44. The van der Waals surface area contributed by atoms with E-state index in [4.69, 9.17) is 4.74 Å². The molecule has 1 aromatic heterocycles. The predicted octanol–water partition coefficient (Wildman–Crippen LogP) is 4.34. The van der Waals surface area contributed by atoms with Gasteiger partial charge in [0.05, 0.1) is 11.0 Å². The van der Waals surface area contributed by atoms with E-state index in [1.807, 2.05) is 35.8 Å². The molecular formula is C22H24FN3O2. The van der Waals surface area contributed by atoms with E-state index in [0.29, 0.717) is 19.2 Å². The summed E-state index contributed by atoms with van der Waals surface area (Å²) in [5.41, 5.74) is 2.87. The number of fused-ring (bicyclic) bond motifs is 1. The van der Waals surface area contributed by atoms with E-state index in [0.717, 1.165) is 36.0 Å². The van der Waals surface area contributed by atoms with Gasteiger partial charge in [-0.25, -0.2) is 9.37 Å². The van der Waals surface area contributed by atoms with Gasteiger partial charge in [0.25, 0.3) is 0 Å². The Morgan fingerprint density at radius 3 is 2.82 bits per heavy atom. The lowest BCUT2D eigenvalue weighted by molar-refractivity contribution is -0.117. The standard InChI is InChI=1S/C22H24FN3O2/c1-2-28-13-5-12-26-20-7-4-3-6-19(20)24-22(26)25-21(27)18-14-17(18)15-8-10-16(23)11-9-15/h3-4,6-11,17-18H,2,5,12-14H2,1H3,(H,24,25,27). The summed E-state index contributed by atoms with van der Waals surface area (Å²) in [7, 11) is 0. The molecule has 6 heteroatoms. The smallest absolute Gasteiger partial charge is 0.230 e. The number of nitrogens with one attached hydrogen (secondary N) is 1. The largest absolute Gasteiger partial charge is 0.382 e. The van der Waals surface area contributed by atoms with Crippen molar-refractivity contribution in [2.45, 2.75) is 32.2 Å². The summed E-state index contributed by atoms with van der Waals surface area (Å²) >= 11 is 0. The van der Waals surface area contributed by atoms with Crippen LogP contribution in [0.1, 0.15) is 31.2 Å². The van der Waals surface area contributed by atoms with Gasteiger partial charge in [0.15, 0.2) is 0 Å². The van der Waals surface area contributed by atoms with E-state index < -0.39 is 0 Å². The van der Waals surface area contributed by atoms with Gasteiger partial charge in [0.1, 0.15) is 5.82 Å². The lowest BCUT2D eigenvalue weighted by Crippen LogP contribution is -2.18. The second-order valence-electron chi connectivity index (χ2n) is 7.12. The minimum atomic E-state index is -0.258. The van der Waals surface area contributed by atoms with E-state index in [9.17, 15) is 9.18 Å². The van der Waals surface area contributed by atoms with E-state index in [1.165, 1.54) is 12.1 Å². The van der Waals surface area contributed by atoms with Crippen LogP contribution in [0.25, 0.3) is 11.0 Å². The Kier molecular flexibility index (Phi) is 5.39. The van der Waals surface area contributed by atoms with Gasteiger partial charge in [-0.2, -0.15) is 0 Å². The summed E-state index contributed by atoms with van der Waals surface area (Å²) in [5, 5.41) is 3.01. The van der Waals surface area contributed by atoms with Gasteiger partial charge in [0, 0.05) is 25.7 Å². The maximum Gasteiger partial charge on any atom is 0.230 e. The highest BCUT2D eigenvalue weighted by atomic mass is 19.1. The monoisotopic (exact) mass is 381 g/mol. The molecule has 0 aliphatic heterocycles. The van der Waals surface area contributed by atoms with Crippen LogP contribution in [-0.2, 0) is 16.1 Å². The summed E-state index contributed by atoms with van der Waals surface area (Å²) in [4.78, 5) is 17.4. The molecule has 3 aromatic rings. The first-order chi connectivity index (χ1) is 13.7. The maximum absolute atomic E-state index is 13.1. The Hall–Kier alpha value is -2.73. The van der Waals surface area contributed by atoms with Crippen LogP contribution in [0, 0.1) is 11.7 Å². The number of carbonyl (C=O) groups is 1. The van der Waals surface area contributed by atoms with E-state index in [-0.39, 0.29) is 23.6 Å². The van der Waals surface area contributed by atoms with Crippen molar-refractivity contribution in [3.63, 3.8) is 0 Å². The second-order valence-corrected chi connectivity index (χ2v) is 7.12. The first-order valence-electron chi connectivity index (χ1n) is 9.76. The summed E-state index contributed by atoms with van der Waals surface area (Å²) in [5.74, 6) is 0.341. The number of imidazole rings is 1. The SMILES string of the molecule is CCOCCCn1c(NC(=O)C2CC2c2ccc(F)cc2)nc2ccccc21. The number of rotatable bonds is 8. The fourth-order valence-corrected chi connectivity index (χ4v) is 3.63. The van der Waals surface area contributed by atoms with Gasteiger partial charge < -0.3 is 9.30 Å². The number of benzene rings is 2. The van der Waals surface area contributed by atoms with Crippen LogP contribution in [0.5, 0.6) is 0 Å². The molecule has 4 rings (SSSR count). The summed E-state index contributed by atoms with van der Waals surface area (Å²) in [6.07, 6.45) is 1.63. The Labute approximate surface area is 163 Å². The van der Waals surface area contributed by atoms with Crippen LogP contribution in [0.2, 0.25) is 0 Å². The summed E-state index contributed by atoms with van der Waals surface area (Å²) < 4.78 is 20.6. The summed E-state index contributed by atoms with van der Waals surface area (Å²) in [6, 6.07) is 14.3. The molecule has 1 fully saturated rings. The lowest BCUT2D eigenvalue weighted by Gasteiger charge is -2.10. The molecule has 0 bridgehead atoms. The number of carbonyl (C=O) groups excluding carboxylic acids is 1. The van der Waals surface area contributed by atoms with Gasteiger partial charge in [-0.1, -0.05) is 24.3 Å². The van der Waals surface area contributed by atoms with Gasteiger partial charge in [-0.15, -0.1) is 0 Å². The van der Waals surface area contributed by atoms with E-state index in [1.54, 1.807) is 12.1 Å². The molecule has 2 unspecified atom stereocenters. The van der Waals surface area contributed by atoms with Crippen LogP contribution in [0.15, 0.2) is 48.5 Å². The number of aryl methyl sites for hydroxylation is 1. The fourth-order valence-electron chi connectivity index (χ4n) is 3.63. The number of amides is 1. The number of nitrogens with zero attached hydrogens (tertiary/aromatic N) is 2. The Bertz CT molecular complexity index is 968. The minimum Gasteiger partial charge on any atom is -0.382 e. The van der Waals surface area contributed by atoms with Crippen LogP contribution in [-0.4, -0.2) is 28.7 Å². The Morgan fingerprint density at radius 2 is 2.04 bits per heavy atom. The molecule has 0 radical (unpaired) electrons. The number of ether oxygens (including phenoxy) is 1. The highest BCUT2D eigenvalue weighted by molar-refractivity contribution is 5.95. The van der Waals surface area contributed by atoms with Crippen molar-refractivity contribution in [2.75, 3.05) is 18.5 Å². The van der Waals surface area contributed by atoms with Crippen molar-refractivity contribution in [1.29, 1.82) is 0 Å². The number of hydrogen-bond acceptors (Lipinski definition) is 3. The van der Waals surface area contributed by atoms with Gasteiger partial charge in [-0.05, 0) is 55.5 Å². The van der Waals surface area contributed by atoms with Gasteiger partial charge in [0.2, 0.25) is 11.9 Å². The van der Waals surface area contributed by atoms with Crippen LogP contribution < -0.4 is 5.32 Å². The topological polar surface area (TPSA) is 56.1 Å². The first kappa shape index (κ1) is 18.6. The van der Waals surface area contributed by atoms with Gasteiger partial charge >= 0.3 is 0 Å². The zero-order valence-corrected chi connectivity index (χ0v) is 15.9. The average Bonchev–Trinajstić information content (AvgIpc) is 3.43. The molecular weight excluding hydrogens is 357 g/mol. The zero-order valence-electron chi connectivity index (χ0n) is 15.9. The summed E-state index contributed by atoms with van der Waals surface area (Å²) in [6.45, 7) is 4.07. The molecule has 1 aliphatic rings. The third-order valence-electron chi connectivity index (χ3n) is 5.19. The molecule has 0 saturated heterocycles. The van der Waals surface area contributed by atoms with Crippen LogP contribution >= 0.6 is 0 Å². The van der Waals surface area contributed by atoms with Crippen molar-refractivity contribution in [2.24, 2.45) is 5.92 Å². The average molecular weight is 381 g/mol. The third-order valence-corrected chi connectivity index (χ3v) is 5.19. The second kappa shape index (κ2) is 8.10. The maximum atomic E-state index is 13.1. The van der Waals surface area contributed by atoms with Gasteiger partial charge in [-0.3, -0.25) is 10.1 Å². The molecule has 1 heterocycles. The number of anilines is 1. The van der Waals surface area contributed by atoms with Crippen LogP contribution in [0.3, 0.4) is 0 Å². The van der Waals surface area contributed by atoms with Crippen molar-refractivity contribution in [3.05, 3.63) is 59.9 Å². The highest BCUT2D eigenvalue weighted by Crippen LogP contribution is 2.48. The van der Waals surface area contributed by atoms with Crippen molar-refractivity contribution < 1.29 is 13.9 Å². The van der Waals surface area contributed by atoms with E-state index >= 15 is 0 Å². The molecule has 1 N–H and O–H groups in total. The van der Waals surface area contributed by atoms with Crippen molar-refractivity contribution in [3.8, 4) is 0 Å². The van der Waals surface area contributed by atoms with Crippen molar-refractivity contribution in [1.82, 2.24) is 9.55 Å². The molecule has 1 saturated carbocycles. The molecule has 5 nitrogen and oxygen atoms in total. The normalized spacial score (nSPS) is 18.4. The van der Waals surface area contributed by atoms with E-state index in [2.05, 4.69) is 10.3 Å². The minimum absolute atomic E-state index is 0.0318. The zero-order chi connectivity index (χ0) is 19.5. The number of para-hydroxylation sites is 2.